The fourth-order valence-corrected chi connectivity index (χ4v) is 4.36. The first kappa shape index (κ1) is 20.1. The minimum absolute atomic E-state index is 0.126. The zero-order valence-electron chi connectivity index (χ0n) is 16.6. The monoisotopic (exact) mass is 400 g/mol. The number of carbonyl (C=O) groups is 1. The minimum Gasteiger partial charge on any atom is -0.359 e. The van der Waals surface area contributed by atoms with Crippen LogP contribution in [0.3, 0.4) is 0 Å². The lowest BCUT2D eigenvalue weighted by Gasteiger charge is -2.24. The number of carbonyl (C=O) groups excluding carboxylic acids is 1. The zero-order valence-corrected chi connectivity index (χ0v) is 17.4. The molecule has 148 valence electrons. The molecule has 0 fully saturated rings. The Balaban J connectivity index is 1.96. The molecule has 3 rings (SSSR count). The second kappa shape index (κ2) is 6.74. The van der Waals surface area contributed by atoms with Crippen molar-refractivity contribution in [2.24, 2.45) is 0 Å². The van der Waals surface area contributed by atoms with E-state index in [2.05, 4.69) is 10.5 Å². The summed E-state index contributed by atoms with van der Waals surface area (Å²) in [6.07, 6.45) is 0. The molecule has 1 aromatic heterocycles. The van der Waals surface area contributed by atoms with E-state index < -0.39 is 20.5 Å². The number of anilines is 1. The van der Waals surface area contributed by atoms with Crippen LogP contribution in [0.2, 0.25) is 0 Å². The summed E-state index contributed by atoms with van der Waals surface area (Å²) in [4.78, 5) is 13.0. The molecule has 1 amide bonds. The highest BCUT2D eigenvalue weighted by Gasteiger charge is 2.44. The van der Waals surface area contributed by atoms with Crippen LogP contribution in [0.4, 0.5) is 5.82 Å². The Morgan fingerprint density at radius 2 is 1.64 bits per heavy atom. The van der Waals surface area contributed by atoms with Gasteiger partial charge in [0.1, 0.15) is 10.5 Å². The van der Waals surface area contributed by atoms with Gasteiger partial charge >= 0.3 is 0 Å². The van der Waals surface area contributed by atoms with Crippen molar-refractivity contribution < 1.29 is 17.7 Å². The van der Waals surface area contributed by atoms with Gasteiger partial charge in [-0.3, -0.25) is 4.79 Å². The van der Waals surface area contributed by atoms with Crippen molar-refractivity contribution in [2.75, 3.05) is 5.32 Å². The molecule has 0 aliphatic rings. The van der Waals surface area contributed by atoms with Gasteiger partial charge in [0.25, 0.3) is 0 Å². The number of benzene rings is 2. The summed E-state index contributed by atoms with van der Waals surface area (Å²) in [5, 5.41) is 7.80. The Labute approximate surface area is 164 Å². The zero-order chi connectivity index (χ0) is 20.7. The molecule has 0 unspecified atom stereocenters. The van der Waals surface area contributed by atoms with Crippen LogP contribution >= 0.6 is 0 Å². The number of amides is 1. The predicted octanol–water partition coefficient (Wildman–Crippen LogP) is 4.32. The van der Waals surface area contributed by atoms with Gasteiger partial charge in [0.05, 0.1) is 4.90 Å². The average Bonchev–Trinajstić information content (AvgIpc) is 3.10. The summed E-state index contributed by atoms with van der Waals surface area (Å²) in [5.41, 5.74) is -0.277. The number of hydrogen-bond donors (Lipinski definition) is 1. The van der Waals surface area contributed by atoms with E-state index in [4.69, 9.17) is 4.52 Å². The molecule has 0 bridgehead atoms. The Morgan fingerprint density at radius 3 is 2.29 bits per heavy atom. The van der Waals surface area contributed by atoms with Gasteiger partial charge in [0.2, 0.25) is 5.91 Å². The summed E-state index contributed by atoms with van der Waals surface area (Å²) in [7, 11) is -3.98. The lowest BCUT2D eigenvalue weighted by Crippen LogP contribution is -2.44. The first-order valence-electron chi connectivity index (χ1n) is 8.95. The van der Waals surface area contributed by atoms with Crippen LogP contribution in [0.25, 0.3) is 10.8 Å². The molecule has 2 aromatic carbocycles. The number of hydrogen-bond acceptors (Lipinski definition) is 5. The van der Waals surface area contributed by atoms with Gasteiger partial charge in [-0.15, -0.1) is 0 Å². The molecular weight excluding hydrogens is 376 g/mol. The molecule has 28 heavy (non-hydrogen) atoms. The third kappa shape index (κ3) is 3.42. The Kier molecular flexibility index (Phi) is 4.83. The second-order valence-electron chi connectivity index (χ2n) is 8.27. The number of rotatable bonds is 4. The molecule has 0 aliphatic heterocycles. The lowest BCUT2D eigenvalue weighted by molar-refractivity contribution is -0.117. The predicted molar refractivity (Wildman–Crippen MR) is 109 cm³/mol. The van der Waals surface area contributed by atoms with Crippen molar-refractivity contribution in [3.8, 4) is 0 Å². The lowest BCUT2D eigenvalue weighted by atomic mass is 9.93. The Morgan fingerprint density at radius 1 is 1.00 bits per heavy atom. The van der Waals surface area contributed by atoms with Crippen LogP contribution in [-0.2, 0) is 20.0 Å². The van der Waals surface area contributed by atoms with Crippen LogP contribution in [-0.4, -0.2) is 24.2 Å². The molecule has 3 aromatic rings. The van der Waals surface area contributed by atoms with Gasteiger partial charge in [-0.1, -0.05) is 62.3 Å². The van der Waals surface area contributed by atoms with Gasteiger partial charge in [-0.2, -0.15) is 0 Å². The summed E-state index contributed by atoms with van der Waals surface area (Å²) in [5.74, 6) is 0.114. The first-order chi connectivity index (χ1) is 12.9. The van der Waals surface area contributed by atoms with E-state index in [0.717, 1.165) is 5.39 Å². The highest BCUT2D eigenvalue weighted by molar-refractivity contribution is 7.93. The smallest absolute Gasteiger partial charge is 0.246 e. The van der Waals surface area contributed by atoms with Gasteiger partial charge in [0.15, 0.2) is 15.7 Å². The van der Waals surface area contributed by atoms with Crippen LogP contribution in [0.1, 0.15) is 40.4 Å². The third-order valence-corrected chi connectivity index (χ3v) is 7.21. The fraction of sp³-hybridized carbons (Fsp3) is 0.333. The largest absolute Gasteiger partial charge is 0.359 e. The summed E-state index contributed by atoms with van der Waals surface area (Å²) < 4.78 is 30.3. The molecule has 0 saturated heterocycles. The van der Waals surface area contributed by atoms with E-state index in [1.165, 1.54) is 19.9 Å². The van der Waals surface area contributed by atoms with Gasteiger partial charge in [-0.25, -0.2) is 8.42 Å². The number of nitrogens with zero attached hydrogens (tertiary/aromatic N) is 1. The SMILES string of the molecule is CC(C)(C)c1cc(NC(=O)C(C)(C)S(=O)(=O)c2cccc3ccccc23)no1. The van der Waals surface area contributed by atoms with Crippen molar-refractivity contribution in [3.63, 3.8) is 0 Å². The van der Waals surface area contributed by atoms with Crippen molar-refractivity contribution in [3.05, 3.63) is 54.3 Å². The second-order valence-corrected chi connectivity index (χ2v) is 10.7. The standard InChI is InChI=1S/C21H24N2O4S/c1-20(2,3)17-13-18(23-27-17)22-19(24)21(4,5)28(25,26)16-12-8-10-14-9-6-7-11-15(14)16/h6-13H,1-5H3,(H,22,23,24). The van der Waals surface area contributed by atoms with Crippen molar-refractivity contribution in [1.82, 2.24) is 5.16 Å². The van der Waals surface area contributed by atoms with Gasteiger partial charge in [0, 0.05) is 16.9 Å². The van der Waals surface area contributed by atoms with E-state index in [-0.39, 0.29) is 16.1 Å². The van der Waals surface area contributed by atoms with Crippen molar-refractivity contribution in [2.45, 2.75) is 49.7 Å². The molecule has 7 heteroatoms. The molecule has 1 heterocycles. The molecule has 0 aliphatic carbocycles. The van der Waals surface area contributed by atoms with Gasteiger partial charge < -0.3 is 9.84 Å². The minimum atomic E-state index is -3.98. The molecule has 1 N–H and O–H groups in total. The fourth-order valence-electron chi connectivity index (χ4n) is 2.78. The van der Waals surface area contributed by atoms with Crippen LogP contribution in [0.15, 0.2) is 57.9 Å². The van der Waals surface area contributed by atoms with Crippen molar-refractivity contribution >= 4 is 32.3 Å². The maximum absolute atomic E-state index is 13.4. The topological polar surface area (TPSA) is 89.3 Å². The maximum atomic E-state index is 13.4. The van der Waals surface area contributed by atoms with E-state index in [1.807, 2.05) is 39.0 Å². The first-order valence-corrected chi connectivity index (χ1v) is 10.4. The summed E-state index contributed by atoms with van der Waals surface area (Å²) in [6, 6.07) is 13.8. The van der Waals surface area contributed by atoms with E-state index in [1.54, 1.807) is 24.3 Å². The normalized spacial score (nSPS) is 12.9. The number of sulfone groups is 1. The average molecular weight is 401 g/mol. The molecular formula is C21H24N2O4S. The maximum Gasteiger partial charge on any atom is 0.246 e. The van der Waals surface area contributed by atoms with E-state index in [9.17, 15) is 13.2 Å². The van der Waals surface area contributed by atoms with Crippen LogP contribution in [0.5, 0.6) is 0 Å². The highest BCUT2D eigenvalue weighted by atomic mass is 32.2. The molecule has 0 radical (unpaired) electrons. The quantitative estimate of drug-likeness (QED) is 0.705. The van der Waals surface area contributed by atoms with Crippen LogP contribution < -0.4 is 5.32 Å². The number of fused-ring (bicyclic) bond motifs is 1. The molecule has 0 atom stereocenters. The number of aromatic nitrogens is 1. The highest BCUT2D eigenvalue weighted by Crippen LogP contribution is 2.32. The third-order valence-electron chi connectivity index (χ3n) is 4.75. The molecule has 0 spiro atoms. The summed E-state index contributed by atoms with van der Waals surface area (Å²) in [6.45, 7) is 8.64. The van der Waals surface area contributed by atoms with Crippen molar-refractivity contribution in [1.29, 1.82) is 0 Å². The van der Waals surface area contributed by atoms with Gasteiger partial charge in [-0.05, 0) is 25.3 Å². The molecule has 0 saturated carbocycles. The Hall–Kier alpha value is -2.67. The Bertz CT molecular complexity index is 1130. The van der Waals surface area contributed by atoms with Crippen LogP contribution in [0, 0.1) is 0 Å². The molecule has 6 nitrogen and oxygen atoms in total. The number of nitrogens with one attached hydrogen (secondary N) is 1. The summed E-state index contributed by atoms with van der Waals surface area (Å²) >= 11 is 0. The van der Waals surface area contributed by atoms with E-state index in [0.29, 0.717) is 11.1 Å². The van der Waals surface area contributed by atoms with E-state index >= 15 is 0 Å².